The lowest BCUT2D eigenvalue weighted by Crippen LogP contribution is -2.60. The molecule has 1 fully saturated rings. The van der Waals surface area contributed by atoms with Crippen LogP contribution in [0, 0.1) is 0 Å². The maximum atomic E-state index is 12.1. The highest BCUT2D eigenvalue weighted by molar-refractivity contribution is 5.91. The molecule has 0 saturated carbocycles. The molecule has 0 aliphatic carbocycles. The largest absolute Gasteiger partial charge is 0.481 e. The third-order valence-corrected chi connectivity index (χ3v) is 2.86. The lowest BCUT2D eigenvalue weighted by molar-refractivity contribution is -0.151. The van der Waals surface area contributed by atoms with Gasteiger partial charge in [0, 0.05) is 12.6 Å². The topological polar surface area (TPSA) is 122 Å². The Balaban J connectivity index is 2.75. The molecule has 0 radical (unpaired) electrons. The van der Waals surface area contributed by atoms with Gasteiger partial charge in [0.05, 0.1) is 25.7 Å². The zero-order chi connectivity index (χ0) is 15.3. The SMILES string of the molecule is CC(C)NC(=O)C1COCCN1C(=O)C(N)CC(=O)O. The zero-order valence-corrected chi connectivity index (χ0v) is 11.7. The van der Waals surface area contributed by atoms with E-state index in [1.807, 2.05) is 13.8 Å². The van der Waals surface area contributed by atoms with Crippen molar-refractivity contribution < 1.29 is 24.2 Å². The number of hydrogen-bond donors (Lipinski definition) is 3. The van der Waals surface area contributed by atoms with Crippen LogP contribution in [0.1, 0.15) is 20.3 Å². The monoisotopic (exact) mass is 287 g/mol. The number of ether oxygens (including phenoxy) is 1. The summed E-state index contributed by atoms with van der Waals surface area (Å²) >= 11 is 0. The van der Waals surface area contributed by atoms with Gasteiger partial charge >= 0.3 is 5.97 Å². The van der Waals surface area contributed by atoms with Crippen LogP contribution in [0.15, 0.2) is 0 Å². The molecule has 2 unspecified atom stereocenters. The van der Waals surface area contributed by atoms with E-state index in [-0.39, 0.29) is 25.1 Å². The average Bonchev–Trinajstić information content (AvgIpc) is 2.36. The predicted octanol–water partition coefficient (Wildman–Crippen LogP) is -1.46. The zero-order valence-electron chi connectivity index (χ0n) is 11.7. The lowest BCUT2D eigenvalue weighted by atomic mass is 10.1. The smallest absolute Gasteiger partial charge is 0.305 e. The van der Waals surface area contributed by atoms with E-state index in [0.717, 1.165) is 0 Å². The highest BCUT2D eigenvalue weighted by Crippen LogP contribution is 2.10. The predicted molar refractivity (Wildman–Crippen MR) is 69.8 cm³/mol. The molecule has 1 heterocycles. The van der Waals surface area contributed by atoms with Crippen molar-refractivity contribution in [3.05, 3.63) is 0 Å². The van der Waals surface area contributed by atoms with Crippen LogP contribution in [-0.2, 0) is 19.1 Å². The van der Waals surface area contributed by atoms with Crippen LogP contribution in [0.2, 0.25) is 0 Å². The highest BCUT2D eigenvalue weighted by atomic mass is 16.5. The molecule has 2 amide bonds. The summed E-state index contributed by atoms with van der Waals surface area (Å²) in [6.45, 7) is 4.23. The van der Waals surface area contributed by atoms with Crippen LogP contribution in [-0.4, -0.2) is 65.7 Å². The Morgan fingerprint density at radius 3 is 2.65 bits per heavy atom. The van der Waals surface area contributed by atoms with Gasteiger partial charge < -0.3 is 25.8 Å². The molecule has 8 nitrogen and oxygen atoms in total. The maximum Gasteiger partial charge on any atom is 0.305 e. The quantitative estimate of drug-likeness (QED) is 0.568. The molecule has 4 N–H and O–H groups in total. The second-order valence-electron chi connectivity index (χ2n) is 4.99. The fraction of sp³-hybridized carbons (Fsp3) is 0.750. The summed E-state index contributed by atoms with van der Waals surface area (Å²) in [5.41, 5.74) is 5.57. The van der Waals surface area contributed by atoms with E-state index in [0.29, 0.717) is 6.61 Å². The molecular formula is C12H21N3O5. The van der Waals surface area contributed by atoms with Crippen molar-refractivity contribution in [2.75, 3.05) is 19.8 Å². The Labute approximate surface area is 117 Å². The first-order valence-corrected chi connectivity index (χ1v) is 6.49. The standard InChI is InChI=1S/C12H21N3O5/c1-7(2)14-11(18)9-6-20-4-3-15(9)12(19)8(13)5-10(16)17/h7-9H,3-6,13H2,1-2H3,(H,14,18)(H,16,17). The summed E-state index contributed by atoms with van der Waals surface area (Å²) in [6, 6.07) is -1.98. The minimum atomic E-state index is -1.15. The molecular weight excluding hydrogens is 266 g/mol. The summed E-state index contributed by atoms with van der Waals surface area (Å²) < 4.78 is 5.21. The summed E-state index contributed by atoms with van der Waals surface area (Å²) in [5.74, 6) is -2.02. The van der Waals surface area contributed by atoms with E-state index in [4.69, 9.17) is 15.6 Å². The van der Waals surface area contributed by atoms with Crippen molar-refractivity contribution in [2.24, 2.45) is 5.73 Å². The number of carboxylic acid groups (broad SMARTS) is 1. The molecule has 0 aromatic heterocycles. The highest BCUT2D eigenvalue weighted by Gasteiger charge is 2.35. The number of carbonyl (C=O) groups is 3. The van der Waals surface area contributed by atoms with Gasteiger partial charge in [-0.2, -0.15) is 0 Å². The van der Waals surface area contributed by atoms with E-state index >= 15 is 0 Å². The number of carbonyl (C=O) groups excluding carboxylic acids is 2. The summed E-state index contributed by atoms with van der Waals surface area (Å²) in [4.78, 5) is 36.1. The molecule has 8 heteroatoms. The van der Waals surface area contributed by atoms with Crippen LogP contribution in [0.5, 0.6) is 0 Å². The van der Waals surface area contributed by atoms with Crippen LogP contribution in [0.4, 0.5) is 0 Å². The number of nitrogens with zero attached hydrogens (tertiary/aromatic N) is 1. The first-order valence-electron chi connectivity index (χ1n) is 6.49. The number of carboxylic acids is 1. The first-order chi connectivity index (χ1) is 9.32. The first kappa shape index (κ1) is 16.4. The molecule has 0 aromatic carbocycles. The van der Waals surface area contributed by atoms with Gasteiger partial charge in [0.15, 0.2) is 0 Å². The van der Waals surface area contributed by atoms with Gasteiger partial charge in [-0.1, -0.05) is 0 Å². The van der Waals surface area contributed by atoms with Crippen LogP contribution >= 0.6 is 0 Å². The normalized spacial score (nSPS) is 20.6. The number of rotatable bonds is 5. The van der Waals surface area contributed by atoms with Crippen molar-refractivity contribution in [1.82, 2.24) is 10.2 Å². The minimum absolute atomic E-state index is 0.0610. The van der Waals surface area contributed by atoms with Gasteiger partial charge in [-0.05, 0) is 13.8 Å². The molecule has 20 heavy (non-hydrogen) atoms. The Morgan fingerprint density at radius 2 is 2.10 bits per heavy atom. The maximum absolute atomic E-state index is 12.1. The third kappa shape index (κ3) is 4.46. The Morgan fingerprint density at radius 1 is 1.45 bits per heavy atom. The van der Waals surface area contributed by atoms with Crippen molar-refractivity contribution in [3.8, 4) is 0 Å². The van der Waals surface area contributed by atoms with Crippen LogP contribution in [0.25, 0.3) is 0 Å². The molecule has 0 aromatic rings. The number of amides is 2. The number of nitrogens with two attached hydrogens (primary N) is 1. The van der Waals surface area contributed by atoms with Gasteiger partial charge in [-0.15, -0.1) is 0 Å². The second-order valence-corrected chi connectivity index (χ2v) is 4.99. The Bertz CT molecular complexity index is 385. The van der Waals surface area contributed by atoms with E-state index in [2.05, 4.69) is 5.32 Å². The van der Waals surface area contributed by atoms with Crippen LogP contribution < -0.4 is 11.1 Å². The molecule has 1 rings (SSSR count). The second kappa shape index (κ2) is 7.20. The van der Waals surface area contributed by atoms with Crippen molar-refractivity contribution >= 4 is 17.8 Å². The number of morpholine rings is 1. The van der Waals surface area contributed by atoms with E-state index in [1.165, 1.54) is 4.90 Å². The average molecular weight is 287 g/mol. The van der Waals surface area contributed by atoms with Gasteiger partial charge in [0.2, 0.25) is 11.8 Å². The van der Waals surface area contributed by atoms with Gasteiger partial charge in [-0.3, -0.25) is 14.4 Å². The molecule has 1 aliphatic heterocycles. The van der Waals surface area contributed by atoms with Gasteiger partial charge in [0.1, 0.15) is 6.04 Å². The minimum Gasteiger partial charge on any atom is -0.481 e. The molecule has 0 spiro atoms. The molecule has 1 aliphatic rings. The van der Waals surface area contributed by atoms with Crippen molar-refractivity contribution in [3.63, 3.8) is 0 Å². The van der Waals surface area contributed by atoms with E-state index < -0.39 is 30.4 Å². The van der Waals surface area contributed by atoms with E-state index in [9.17, 15) is 14.4 Å². The molecule has 1 saturated heterocycles. The third-order valence-electron chi connectivity index (χ3n) is 2.86. The van der Waals surface area contributed by atoms with Gasteiger partial charge in [-0.25, -0.2) is 0 Å². The summed E-state index contributed by atoms with van der Waals surface area (Å²) in [5, 5.41) is 11.4. The molecule has 0 bridgehead atoms. The van der Waals surface area contributed by atoms with Crippen LogP contribution in [0.3, 0.4) is 0 Å². The summed E-state index contributed by atoms with van der Waals surface area (Å²) in [6.07, 6.45) is -0.464. The molecule has 114 valence electrons. The fourth-order valence-corrected chi connectivity index (χ4v) is 1.95. The number of nitrogens with one attached hydrogen (secondary N) is 1. The fourth-order valence-electron chi connectivity index (χ4n) is 1.95. The number of aliphatic carboxylic acids is 1. The Hall–Kier alpha value is -1.67. The lowest BCUT2D eigenvalue weighted by Gasteiger charge is -2.36. The molecule has 2 atom stereocenters. The number of hydrogen-bond acceptors (Lipinski definition) is 5. The van der Waals surface area contributed by atoms with Crippen molar-refractivity contribution in [2.45, 2.75) is 38.4 Å². The Kier molecular flexibility index (Phi) is 5.90. The van der Waals surface area contributed by atoms with Gasteiger partial charge in [0.25, 0.3) is 0 Å². The van der Waals surface area contributed by atoms with E-state index in [1.54, 1.807) is 0 Å². The summed E-state index contributed by atoms with van der Waals surface area (Å²) in [7, 11) is 0. The van der Waals surface area contributed by atoms with Crippen molar-refractivity contribution in [1.29, 1.82) is 0 Å².